The van der Waals surface area contributed by atoms with Crippen molar-refractivity contribution in [3.8, 4) is 5.69 Å². The predicted octanol–water partition coefficient (Wildman–Crippen LogP) is 14.9. The first kappa shape index (κ1) is 35.1. The number of aliphatic imine (C=N–C) groups is 2. The third kappa shape index (κ3) is 5.25. The molecule has 5 heteroatoms. The molecule has 0 saturated carbocycles. The van der Waals surface area contributed by atoms with Crippen LogP contribution in [-0.2, 0) is 0 Å². The van der Waals surface area contributed by atoms with Crippen LogP contribution in [0.2, 0.25) is 0 Å². The Kier molecular flexibility index (Phi) is 7.39. The van der Waals surface area contributed by atoms with E-state index >= 15 is 0 Å². The van der Waals surface area contributed by atoms with Gasteiger partial charge in [0.25, 0.3) is 0 Å². The van der Waals surface area contributed by atoms with Gasteiger partial charge >= 0.3 is 0 Å². The number of furan rings is 1. The first-order valence-corrected chi connectivity index (χ1v) is 21.8. The van der Waals surface area contributed by atoms with Gasteiger partial charge in [0.2, 0.25) is 0 Å². The molecule has 0 radical (unpaired) electrons. The molecule has 1 N–H and O–H groups in total. The molecular weight excluding hydrogens is 781 g/mol. The van der Waals surface area contributed by atoms with Crippen molar-refractivity contribution in [1.82, 2.24) is 9.88 Å². The molecule has 0 saturated heterocycles. The van der Waals surface area contributed by atoms with Gasteiger partial charge in [0, 0.05) is 38.2 Å². The molecule has 1 atom stereocenters. The SMILES string of the molecule is c1ccc2cc3c(cc2c1)c1cc2ccccc2cc1n3-c1cc2c(cc1C1=NC(c3cccc4ccccc34)=NC(c3cccc4ccccc34)N1)oc1ccc3ccccc3c12. The molecule has 2 aromatic heterocycles. The number of fused-ring (bicyclic) bond motifs is 12. The number of rotatable bonds is 4. The summed E-state index contributed by atoms with van der Waals surface area (Å²) in [7, 11) is 0. The highest BCUT2D eigenvalue weighted by Gasteiger charge is 2.28. The molecule has 0 aliphatic carbocycles. The summed E-state index contributed by atoms with van der Waals surface area (Å²) in [5.74, 6) is 1.39. The van der Waals surface area contributed by atoms with Crippen molar-refractivity contribution < 1.29 is 4.42 Å². The quantitative estimate of drug-likeness (QED) is 0.192. The van der Waals surface area contributed by atoms with Crippen LogP contribution in [0.15, 0.2) is 221 Å². The van der Waals surface area contributed by atoms with Crippen molar-refractivity contribution in [3.05, 3.63) is 223 Å². The maximum atomic E-state index is 6.87. The Balaban J connectivity index is 1.12. The zero-order valence-corrected chi connectivity index (χ0v) is 34.5. The topological polar surface area (TPSA) is 54.8 Å². The van der Waals surface area contributed by atoms with E-state index in [-0.39, 0.29) is 0 Å². The third-order valence-electron chi connectivity index (χ3n) is 13.4. The zero-order chi connectivity index (χ0) is 41.9. The second-order valence-corrected chi connectivity index (χ2v) is 17.0. The maximum Gasteiger partial charge on any atom is 0.160 e. The summed E-state index contributed by atoms with van der Waals surface area (Å²) in [5, 5.41) is 20.1. The monoisotopic (exact) mass is 816 g/mol. The molecule has 14 rings (SSSR count). The van der Waals surface area contributed by atoms with Crippen LogP contribution >= 0.6 is 0 Å². The molecule has 1 aliphatic heterocycles. The first-order chi connectivity index (χ1) is 31.7. The number of benzene rings is 11. The van der Waals surface area contributed by atoms with E-state index in [4.69, 9.17) is 14.4 Å². The van der Waals surface area contributed by atoms with Crippen LogP contribution in [0.25, 0.3) is 103 Å². The van der Waals surface area contributed by atoms with Gasteiger partial charge in [-0.3, -0.25) is 0 Å². The molecule has 13 aromatic rings. The highest BCUT2D eigenvalue weighted by atomic mass is 16.3. The minimum absolute atomic E-state index is 0.443. The predicted molar refractivity (Wildman–Crippen MR) is 267 cm³/mol. The number of nitrogens with one attached hydrogen (secondary N) is 1. The fourth-order valence-corrected chi connectivity index (χ4v) is 10.4. The van der Waals surface area contributed by atoms with Crippen LogP contribution in [0.5, 0.6) is 0 Å². The fraction of sp³-hybridized carbons (Fsp3) is 0.0169. The Morgan fingerprint density at radius 2 is 0.953 bits per heavy atom. The van der Waals surface area contributed by atoms with Crippen LogP contribution in [-0.4, -0.2) is 16.2 Å². The summed E-state index contributed by atoms with van der Waals surface area (Å²) in [5.41, 5.74) is 7.85. The number of aromatic nitrogens is 1. The van der Waals surface area contributed by atoms with E-state index in [9.17, 15) is 0 Å². The average molecular weight is 817 g/mol. The normalized spacial score (nSPS) is 14.4. The minimum Gasteiger partial charge on any atom is -0.456 e. The highest BCUT2D eigenvalue weighted by Crippen LogP contribution is 2.42. The number of amidine groups is 2. The molecule has 0 amide bonds. The summed E-state index contributed by atoms with van der Waals surface area (Å²) < 4.78 is 9.33. The standard InChI is InChI=1S/C59H36N4O/c1-3-18-40-31-51-47(29-38(40)16-1)48-30-39-17-2-4-19-41(39)32-52(48)63(51)53-33-50-55(64-54-28-27-37-15-7-10-24-44(37)56(50)54)34-49(53)59-61-57(45-25-11-20-35-13-5-8-22-42(35)45)60-58(62-59)46-26-12-21-36-14-6-9-23-43(36)46/h1-34,57H,(H,60,61,62). The van der Waals surface area contributed by atoms with Crippen molar-refractivity contribution in [2.24, 2.45) is 9.98 Å². The average Bonchev–Trinajstić information content (AvgIpc) is 3.88. The van der Waals surface area contributed by atoms with Gasteiger partial charge in [0.15, 0.2) is 5.84 Å². The Bertz CT molecular complexity index is 4090. The molecule has 0 bridgehead atoms. The first-order valence-electron chi connectivity index (χ1n) is 21.8. The van der Waals surface area contributed by atoms with Crippen LogP contribution in [0.1, 0.15) is 22.9 Å². The maximum absolute atomic E-state index is 6.87. The minimum atomic E-state index is -0.443. The molecule has 0 spiro atoms. The second-order valence-electron chi connectivity index (χ2n) is 17.0. The van der Waals surface area contributed by atoms with Gasteiger partial charge in [-0.1, -0.05) is 164 Å². The van der Waals surface area contributed by atoms with E-state index < -0.39 is 6.17 Å². The number of nitrogens with zero attached hydrogens (tertiary/aromatic N) is 3. The van der Waals surface area contributed by atoms with Crippen molar-refractivity contribution in [2.45, 2.75) is 6.17 Å². The van der Waals surface area contributed by atoms with Crippen LogP contribution in [0.4, 0.5) is 0 Å². The highest BCUT2D eigenvalue weighted by molar-refractivity contribution is 6.24. The van der Waals surface area contributed by atoms with Crippen molar-refractivity contribution in [2.75, 3.05) is 0 Å². The summed E-state index contributed by atoms with van der Waals surface area (Å²) in [4.78, 5) is 11.0. The third-order valence-corrected chi connectivity index (χ3v) is 13.4. The lowest BCUT2D eigenvalue weighted by atomic mass is 9.99. The molecule has 298 valence electrons. The van der Waals surface area contributed by atoms with E-state index in [0.717, 1.165) is 88.1 Å². The Hall–Kier alpha value is -8.54. The van der Waals surface area contributed by atoms with Gasteiger partial charge < -0.3 is 14.3 Å². The number of hydrogen-bond donors (Lipinski definition) is 1. The van der Waals surface area contributed by atoms with E-state index in [0.29, 0.717) is 5.84 Å². The van der Waals surface area contributed by atoms with Crippen molar-refractivity contribution in [1.29, 1.82) is 0 Å². The molecule has 64 heavy (non-hydrogen) atoms. The van der Waals surface area contributed by atoms with Gasteiger partial charge in [0.1, 0.15) is 23.2 Å². The van der Waals surface area contributed by atoms with Gasteiger partial charge in [-0.2, -0.15) is 0 Å². The molecule has 0 fully saturated rings. The lowest BCUT2D eigenvalue weighted by Gasteiger charge is -2.26. The molecule has 5 nitrogen and oxygen atoms in total. The summed E-state index contributed by atoms with van der Waals surface area (Å²) in [6.07, 6.45) is -0.443. The molecular formula is C59H36N4O. The molecule has 11 aromatic carbocycles. The molecule has 3 heterocycles. The van der Waals surface area contributed by atoms with Crippen LogP contribution in [0.3, 0.4) is 0 Å². The lowest BCUT2D eigenvalue weighted by molar-refractivity contribution is 0.667. The Morgan fingerprint density at radius 1 is 0.406 bits per heavy atom. The Labute approximate surface area is 366 Å². The second kappa shape index (κ2) is 13.5. The van der Waals surface area contributed by atoms with E-state index in [2.05, 4.69) is 216 Å². The van der Waals surface area contributed by atoms with Gasteiger partial charge in [-0.15, -0.1) is 0 Å². The van der Waals surface area contributed by atoms with Gasteiger partial charge in [-0.25, -0.2) is 9.98 Å². The van der Waals surface area contributed by atoms with Gasteiger partial charge in [-0.05, 0) is 96.3 Å². The summed E-state index contributed by atoms with van der Waals surface area (Å²) in [6.45, 7) is 0. The molecule has 1 aliphatic rings. The number of hydrogen-bond acceptors (Lipinski definition) is 4. The van der Waals surface area contributed by atoms with Crippen LogP contribution in [0, 0.1) is 0 Å². The largest absolute Gasteiger partial charge is 0.456 e. The van der Waals surface area contributed by atoms with Crippen LogP contribution < -0.4 is 5.32 Å². The van der Waals surface area contributed by atoms with E-state index in [1.54, 1.807) is 0 Å². The smallest absolute Gasteiger partial charge is 0.160 e. The summed E-state index contributed by atoms with van der Waals surface area (Å²) in [6, 6.07) is 74.1. The fourth-order valence-electron chi connectivity index (χ4n) is 10.4. The van der Waals surface area contributed by atoms with E-state index in [1.165, 1.54) is 37.7 Å². The Morgan fingerprint density at radius 3 is 1.64 bits per heavy atom. The zero-order valence-electron chi connectivity index (χ0n) is 34.5. The van der Waals surface area contributed by atoms with E-state index in [1.807, 2.05) is 0 Å². The lowest BCUT2D eigenvalue weighted by Crippen LogP contribution is -2.34. The van der Waals surface area contributed by atoms with Crippen molar-refractivity contribution in [3.63, 3.8) is 0 Å². The van der Waals surface area contributed by atoms with Crippen molar-refractivity contribution >= 4 is 109 Å². The van der Waals surface area contributed by atoms with Gasteiger partial charge in [0.05, 0.1) is 16.7 Å². The summed E-state index contributed by atoms with van der Waals surface area (Å²) >= 11 is 0. The molecule has 1 unspecified atom stereocenters.